The van der Waals surface area contributed by atoms with Crippen LogP contribution in [0.2, 0.25) is 0 Å². The van der Waals surface area contributed by atoms with Gasteiger partial charge in [-0.25, -0.2) is 4.79 Å². The van der Waals surface area contributed by atoms with Crippen LogP contribution in [0.3, 0.4) is 0 Å². The molecule has 0 radical (unpaired) electrons. The molecule has 1 fully saturated rings. The maximum absolute atomic E-state index is 12.0. The summed E-state index contributed by atoms with van der Waals surface area (Å²) in [6.07, 6.45) is 4.62. The van der Waals surface area contributed by atoms with Gasteiger partial charge in [-0.3, -0.25) is 4.79 Å². The van der Waals surface area contributed by atoms with Crippen molar-refractivity contribution in [2.45, 2.75) is 52.9 Å². The van der Waals surface area contributed by atoms with Gasteiger partial charge in [0.05, 0.1) is 5.92 Å². The summed E-state index contributed by atoms with van der Waals surface area (Å²) in [6.45, 7) is 8.31. The lowest BCUT2D eigenvalue weighted by atomic mass is 9.82. The molecular weight excluding hydrogens is 256 g/mol. The molecule has 20 heavy (non-hydrogen) atoms. The quantitative estimate of drug-likeness (QED) is 0.706. The number of amides is 2. The van der Waals surface area contributed by atoms with Crippen LogP contribution in [0.4, 0.5) is 4.79 Å². The summed E-state index contributed by atoms with van der Waals surface area (Å²) in [5.41, 5.74) is 0.301. The molecule has 1 aliphatic rings. The van der Waals surface area contributed by atoms with Crippen molar-refractivity contribution in [3.05, 3.63) is 0 Å². The minimum absolute atomic E-state index is 0.00301. The molecule has 1 unspecified atom stereocenters. The Morgan fingerprint density at radius 1 is 1.35 bits per heavy atom. The lowest BCUT2D eigenvalue weighted by Gasteiger charge is -2.26. The van der Waals surface area contributed by atoms with Crippen molar-refractivity contribution in [3.63, 3.8) is 0 Å². The third kappa shape index (κ3) is 4.39. The molecule has 1 rings (SSSR count). The van der Waals surface area contributed by atoms with Crippen LogP contribution in [0, 0.1) is 11.3 Å². The molecule has 1 aliphatic heterocycles. The molecule has 2 amide bonds. The molecule has 0 aromatic carbocycles. The summed E-state index contributed by atoms with van der Waals surface area (Å²) < 4.78 is 0. The number of carbonyl (C=O) groups excluding carboxylic acids is 1. The zero-order valence-electron chi connectivity index (χ0n) is 12.9. The van der Waals surface area contributed by atoms with Gasteiger partial charge in [0.25, 0.3) is 0 Å². The standard InChI is InChI=1S/C15H28N2O3/c1-4-15(5-2)8-10-17(11-15)14(20)16-9-6-7-12(3)13(18)19/h12H,4-11H2,1-3H3,(H,16,20)(H,18,19). The first-order valence-electron chi connectivity index (χ1n) is 7.69. The maximum atomic E-state index is 12.0. The minimum atomic E-state index is -0.772. The normalized spacial score (nSPS) is 18.9. The van der Waals surface area contributed by atoms with Gasteiger partial charge in [-0.05, 0) is 37.5 Å². The van der Waals surface area contributed by atoms with E-state index < -0.39 is 5.97 Å². The lowest BCUT2D eigenvalue weighted by Crippen LogP contribution is -2.40. The number of likely N-dealkylation sites (tertiary alicyclic amines) is 1. The van der Waals surface area contributed by atoms with Gasteiger partial charge in [-0.1, -0.05) is 20.8 Å². The van der Waals surface area contributed by atoms with Crippen LogP contribution >= 0.6 is 0 Å². The highest BCUT2D eigenvalue weighted by atomic mass is 16.4. The number of nitrogens with one attached hydrogen (secondary N) is 1. The van der Waals surface area contributed by atoms with Crippen LogP contribution in [0.15, 0.2) is 0 Å². The second kappa shape index (κ2) is 7.50. The zero-order valence-corrected chi connectivity index (χ0v) is 12.9. The number of aliphatic carboxylic acids is 1. The predicted octanol–water partition coefficient (Wildman–Crippen LogP) is 2.71. The second-order valence-electron chi connectivity index (χ2n) is 5.99. The van der Waals surface area contributed by atoms with Crippen molar-refractivity contribution >= 4 is 12.0 Å². The predicted molar refractivity (Wildman–Crippen MR) is 78.6 cm³/mol. The van der Waals surface area contributed by atoms with E-state index in [1.54, 1.807) is 6.92 Å². The summed E-state index contributed by atoms with van der Waals surface area (Å²) in [6, 6.07) is -0.00301. The third-order valence-electron chi connectivity index (χ3n) is 4.74. The SMILES string of the molecule is CCC1(CC)CCN(C(=O)NCCCC(C)C(=O)O)C1. The van der Waals surface area contributed by atoms with E-state index in [4.69, 9.17) is 5.11 Å². The average Bonchev–Trinajstić information content (AvgIpc) is 2.88. The first-order chi connectivity index (χ1) is 9.44. The van der Waals surface area contributed by atoms with Crippen LogP contribution in [0.25, 0.3) is 0 Å². The topological polar surface area (TPSA) is 69.6 Å². The van der Waals surface area contributed by atoms with E-state index in [9.17, 15) is 9.59 Å². The molecule has 0 spiro atoms. The number of hydrogen-bond donors (Lipinski definition) is 2. The minimum Gasteiger partial charge on any atom is -0.481 e. The number of carboxylic acid groups (broad SMARTS) is 1. The van der Waals surface area contributed by atoms with Crippen molar-refractivity contribution in [2.24, 2.45) is 11.3 Å². The van der Waals surface area contributed by atoms with Gasteiger partial charge < -0.3 is 15.3 Å². The molecule has 0 aromatic rings. The largest absolute Gasteiger partial charge is 0.481 e. The van der Waals surface area contributed by atoms with E-state index in [0.29, 0.717) is 24.8 Å². The Labute approximate surface area is 121 Å². The number of carboxylic acids is 1. The van der Waals surface area contributed by atoms with E-state index >= 15 is 0 Å². The van der Waals surface area contributed by atoms with Crippen LogP contribution in [0.1, 0.15) is 52.9 Å². The highest BCUT2D eigenvalue weighted by Crippen LogP contribution is 2.36. The molecule has 0 bridgehead atoms. The van der Waals surface area contributed by atoms with E-state index in [1.807, 2.05) is 4.90 Å². The summed E-state index contributed by atoms with van der Waals surface area (Å²) in [5, 5.41) is 11.7. The van der Waals surface area contributed by atoms with Gasteiger partial charge in [0, 0.05) is 19.6 Å². The Kier molecular flexibility index (Phi) is 6.30. The Hall–Kier alpha value is -1.26. The molecule has 1 saturated heterocycles. The van der Waals surface area contributed by atoms with Crippen molar-refractivity contribution in [1.29, 1.82) is 0 Å². The van der Waals surface area contributed by atoms with Crippen molar-refractivity contribution in [1.82, 2.24) is 10.2 Å². The van der Waals surface area contributed by atoms with Crippen LogP contribution in [-0.2, 0) is 4.79 Å². The molecular formula is C15H28N2O3. The molecule has 5 nitrogen and oxygen atoms in total. The summed E-state index contributed by atoms with van der Waals surface area (Å²) in [7, 11) is 0. The highest BCUT2D eigenvalue weighted by Gasteiger charge is 2.36. The summed E-state index contributed by atoms with van der Waals surface area (Å²) >= 11 is 0. The highest BCUT2D eigenvalue weighted by molar-refractivity contribution is 5.74. The van der Waals surface area contributed by atoms with Crippen LogP contribution in [-0.4, -0.2) is 41.6 Å². The maximum Gasteiger partial charge on any atom is 0.317 e. The summed E-state index contributed by atoms with van der Waals surface area (Å²) in [4.78, 5) is 24.6. The van der Waals surface area contributed by atoms with Crippen molar-refractivity contribution in [2.75, 3.05) is 19.6 Å². The third-order valence-corrected chi connectivity index (χ3v) is 4.74. The van der Waals surface area contributed by atoms with Crippen molar-refractivity contribution in [3.8, 4) is 0 Å². The van der Waals surface area contributed by atoms with Gasteiger partial charge in [0.2, 0.25) is 0 Å². The fraction of sp³-hybridized carbons (Fsp3) is 0.867. The molecule has 116 valence electrons. The number of nitrogens with zero attached hydrogens (tertiary/aromatic N) is 1. The van der Waals surface area contributed by atoms with Gasteiger partial charge in [0.1, 0.15) is 0 Å². The number of urea groups is 1. The van der Waals surface area contributed by atoms with Crippen molar-refractivity contribution < 1.29 is 14.7 Å². The van der Waals surface area contributed by atoms with E-state index in [1.165, 1.54) is 0 Å². The molecule has 0 aromatic heterocycles. The summed E-state index contributed by atoms with van der Waals surface area (Å²) in [5.74, 6) is -1.11. The molecule has 2 N–H and O–H groups in total. The van der Waals surface area contributed by atoms with Crippen LogP contribution in [0.5, 0.6) is 0 Å². The molecule has 1 atom stereocenters. The number of hydrogen-bond acceptors (Lipinski definition) is 2. The fourth-order valence-corrected chi connectivity index (χ4v) is 2.77. The average molecular weight is 284 g/mol. The zero-order chi connectivity index (χ0) is 15.2. The molecule has 0 saturated carbocycles. The molecule has 1 heterocycles. The first kappa shape index (κ1) is 16.8. The van der Waals surface area contributed by atoms with Gasteiger partial charge >= 0.3 is 12.0 Å². The Bertz CT molecular complexity index is 340. The monoisotopic (exact) mass is 284 g/mol. The Balaban J connectivity index is 2.26. The van der Waals surface area contributed by atoms with Crippen LogP contribution < -0.4 is 5.32 Å². The Morgan fingerprint density at radius 3 is 2.50 bits per heavy atom. The fourth-order valence-electron chi connectivity index (χ4n) is 2.77. The number of carbonyl (C=O) groups is 2. The van der Waals surface area contributed by atoms with Gasteiger partial charge in [0.15, 0.2) is 0 Å². The molecule has 5 heteroatoms. The van der Waals surface area contributed by atoms with Gasteiger partial charge in [-0.2, -0.15) is 0 Å². The lowest BCUT2D eigenvalue weighted by molar-refractivity contribution is -0.141. The molecule has 0 aliphatic carbocycles. The van der Waals surface area contributed by atoms with Gasteiger partial charge in [-0.15, -0.1) is 0 Å². The number of rotatable bonds is 7. The smallest absolute Gasteiger partial charge is 0.317 e. The second-order valence-corrected chi connectivity index (χ2v) is 5.99. The van der Waals surface area contributed by atoms with E-state index in [0.717, 1.165) is 32.4 Å². The first-order valence-corrected chi connectivity index (χ1v) is 7.69. The Morgan fingerprint density at radius 2 is 2.00 bits per heavy atom. The van der Waals surface area contributed by atoms with E-state index in [-0.39, 0.29) is 11.9 Å². The van der Waals surface area contributed by atoms with E-state index in [2.05, 4.69) is 19.2 Å².